The number of nitrogens with one attached hydrogen (secondary N) is 4. The molecular weight excluding hydrogens is 454 g/mol. The van der Waals surface area contributed by atoms with Gasteiger partial charge in [0, 0.05) is 59.2 Å². The molecule has 3 heterocycles. The van der Waals surface area contributed by atoms with Gasteiger partial charge in [-0.2, -0.15) is 5.26 Å². The lowest BCUT2D eigenvalue weighted by molar-refractivity contribution is 0.354. The molecular formula is C25H26F2N6O2. The Morgan fingerprint density at radius 2 is 1.91 bits per heavy atom. The highest BCUT2D eigenvalue weighted by Gasteiger charge is 2.22. The van der Waals surface area contributed by atoms with Gasteiger partial charge in [-0.3, -0.25) is 5.41 Å². The molecule has 1 aliphatic rings. The highest BCUT2D eigenvalue weighted by atomic mass is 19.1. The van der Waals surface area contributed by atoms with Crippen LogP contribution in [0.15, 0.2) is 30.7 Å². The van der Waals surface area contributed by atoms with Crippen molar-refractivity contribution in [3.63, 3.8) is 0 Å². The fraction of sp³-hybridized carbons (Fsp3) is 0.320. The fourth-order valence-corrected chi connectivity index (χ4v) is 4.18. The van der Waals surface area contributed by atoms with Gasteiger partial charge in [0.2, 0.25) is 0 Å². The van der Waals surface area contributed by atoms with Crippen LogP contribution in [0.1, 0.15) is 29.5 Å². The SMILES string of the molecule is COc1cc(OC)c(F)c(Cc2c[nH]c3ncc(/C(=C/NC4CCNCC4)C(=N)C#N)cc23)c1F. The maximum Gasteiger partial charge on any atom is 0.171 e. The van der Waals surface area contributed by atoms with Gasteiger partial charge in [-0.15, -0.1) is 0 Å². The number of aromatic amines is 1. The van der Waals surface area contributed by atoms with E-state index in [1.807, 2.05) is 6.07 Å². The Bertz CT molecular complexity index is 1290. The number of pyridine rings is 1. The molecule has 182 valence electrons. The molecule has 4 N–H and O–H groups in total. The molecule has 0 aliphatic carbocycles. The summed E-state index contributed by atoms with van der Waals surface area (Å²) < 4.78 is 40.0. The maximum atomic E-state index is 14.9. The van der Waals surface area contributed by atoms with Gasteiger partial charge < -0.3 is 25.1 Å². The van der Waals surface area contributed by atoms with Crippen molar-refractivity contribution in [2.75, 3.05) is 27.3 Å². The van der Waals surface area contributed by atoms with Crippen LogP contribution in [0.25, 0.3) is 16.6 Å². The van der Waals surface area contributed by atoms with Crippen molar-refractivity contribution in [1.29, 1.82) is 10.7 Å². The number of fused-ring (bicyclic) bond motifs is 1. The number of benzene rings is 1. The minimum atomic E-state index is -0.803. The van der Waals surface area contributed by atoms with Crippen LogP contribution < -0.4 is 20.1 Å². The summed E-state index contributed by atoms with van der Waals surface area (Å²) in [7, 11) is 2.61. The highest BCUT2D eigenvalue weighted by molar-refractivity contribution is 6.29. The van der Waals surface area contributed by atoms with Gasteiger partial charge in [-0.25, -0.2) is 13.8 Å². The first-order chi connectivity index (χ1) is 17.0. The number of rotatable bonds is 8. The number of nitriles is 1. The molecule has 1 fully saturated rings. The predicted molar refractivity (Wildman–Crippen MR) is 129 cm³/mol. The Morgan fingerprint density at radius 1 is 1.23 bits per heavy atom. The monoisotopic (exact) mass is 480 g/mol. The predicted octanol–water partition coefficient (Wildman–Crippen LogP) is 3.67. The van der Waals surface area contributed by atoms with Crippen LogP contribution >= 0.6 is 0 Å². The number of hydrogen-bond donors (Lipinski definition) is 4. The van der Waals surface area contributed by atoms with Crippen molar-refractivity contribution in [2.24, 2.45) is 0 Å². The van der Waals surface area contributed by atoms with E-state index in [-0.39, 0.29) is 35.2 Å². The van der Waals surface area contributed by atoms with E-state index >= 15 is 0 Å². The number of methoxy groups -OCH3 is 2. The third kappa shape index (κ3) is 4.95. The summed E-state index contributed by atoms with van der Waals surface area (Å²) in [6.45, 7) is 1.80. The third-order valence-electron chi connectivity index (χ3n) is 6.14. The smallest absolute Gasteiger partial charge is 0.171 e. The molecule has 1 aliphatic heterocycles. The fourth-order valence-electron chi connectivity index (χ4n) is 4.18. The molecule has 1 aromatic carbocycles. The number of H-pyrrole nitrogens is 1. The lowest BCUT2D eigenvalue weighted by Gasteiger charge is -2.23. The summed E-state index contributed by atoms with van der Waals surface area (Å²) in [6, 6.07) is 5.07. The number of nitrogens with zero attached hydrogens (tertiary/aromatic N) is 2. The van der Waals surface area contributed by atoms with Gasteiger partial charge in [-0.05, 0) is 37.6 Å². The van der Waals surface area contributed by atoms with Crippen LogP contribution in [0.5, 0.6) is 11.5 Å². The average molecular weight is 481 g/mol. The Kier molecular flexibility index (Phi) is 7.27. The van der Waals surface area contributed by atoms with Gasteiger partial charge in [0.15, 0.2) is 23.1 Å². The topological polar surface area (TPSA) is 119 Å². The minimum Gasteiger partial charge on any atom is -0.494 e. The number of aromatic nitrogens is 2. The van der Waals surface area contributed by atoms with Crippen LogP contribution in [0, 0.1) is 28.4 Å². The largest absolute Gasteiger partial charge is 0.494 e. The zero-order valence-electron chi connectivity index (χ0n) is 19.5. The second-order valence-electron chi connectivity index (χ2n) is 8.23. The Balaban J connectivity index is 1.72. The molecule has 4 rings (SSSR count). The summed E-state index contributed by atoms with van der Waals surface area (Å²) in [5.74, 6) is -1.84. The maximum absolute atomic E-state index is 14.9. The third-order valence-corrected chi connectivity index (χ3v) is 6.14. The van der Waals surface area contributed by atoms with E-state index in [2.05, 4.69) is 20.6 Å². The lowest BCUT2D eigenvalue weighted by atomic mass is 9.99. The van der Waals surface area contributed by atoms with Crippen LogP contribution in [-0.4, -0.2) is 49.0 Å². The Morgan fingerprint density at radius 3 is 2.54 bits per heavy atom. The summed E-state index contributed by atoms with van der Waals surface area (Å²) >= 11 is 0. The molecule has 0 bridgehead atoms. The average Bonchev–Trinajstić information content (AvgIpc) is 3.29. The van der Waals surface area contributed by atoms with Crippen LogP contribution in [0.4, 0.5) is 8.78 Å². The molecule has 0 atom stereocenters. The van der Waals surface area contributed by atoms with E-state index in [0.29, 0.717) is 27.7 Å². The number of ether oxygens (including phenoxy) is 2. The standard InChI is InChI=1S/C25H26F2N6O2/c1-34-21-9-22(35-2)24(27)18(23(21)26)8-14-11-32-25-17(14)7-15(12-33-25)19(20(29)10-28)13-31-16-3-5-30-6-4-16/h7,9,11-13,16,29-31H,3-6,8H2,1-2H3,(H,32,33)/b19-13-,29-20?. The number of piperidine rings is 1. The Hall–Kier alpha value is -3.97. The quantitative estimate of drug-likeness (QED) is 0.365. The van der Waals surface area contributed by atoms with Gasteiger partial charge in [0.1, 0.15) is 17.4 Å². The van der Waals surface area contributed by atoms with Crippen LogP contribution in [0.3, 0.4) is 0 Å². The van der Waals surface area contributed by atoms with E-state index in [1.54, 1.807) is 24.7 Å². The number of hydrogen-bond acceptors (Lipinski definition) is 7. The van der Waals surface area contributed by atoms with Crippen LogP contribution in [0.2, 0.25) is 0 Å². The highest BCUT2D eigenvalue weighted by Crippen LogP contribution is 2.34. The summed E-state index contributed by atoms with van der Waals surface area (Å²) in [4.78, 5) is 7.43. The molecule has 0 unspecified atom stereocenters. The molecule has 0 spiro atoms. The van der Waals surface area contributed by atoms with Gasteiger partial charge in [-0.1, -0.05) is 0 Å². The zero-order valence-corrected chi connectivity index (χ0v) is 19.5. The second kappa shape index (κ2) is 10.5. The molecule has 0 radical (unpaired) electrons. The first-order valence-corrected chi connectivity index (χ1v) is 11.2. The van der Waals surface area contributed by atoms with Gasteiger partial charge in [0.25, 0.3) is 0 Å². The van der Waals surface area contributed by atoms with Gasteiger partial charge >= 0.3 is 0 Å². The van der Waals surface area contributed by atoms with Crippen molar-refractivity contribution in [1.82, 2.24) is 20.6 Å². The lowest BCUT2D eigenvalue weighted by Crippen LogP contribution is -2.37. The minimum absolute atomic E-state index is 0.0849. The van der Waals surface area contributed by atoms with E-state index in [0.717, 1.165) is 25.9 Å². The number of allylic oxidation sites excluding steroid dienone is 1. The second-order valence-corrected chi connectivity index (χ2v) is 8.23. The van der Waals surface area contributed by atoms with Crippen molar-refractivity contribution < 1.29 is 18.3 Å². The first kappa shape index (κ1) is 24.2. The van der Waals surface area contributed by atoms with Crippen molar-refractivity contribution >= 4 is 22.3 Å². The molecule has 3 aromatic rings. The molecule has 0 saturated carbocycles. The first-order valence-electron chi connectivity index (χ1n) is 11.2. The number of halogens is 2. The zero-order chi connectivity index (χ0) is 24.9. The van der Waals surface area contributed by atoms with Crippen molar-refractivity contribution in [2.45, 2.75) is 25.3 Å². The summed E-state index contributed by atoms with van der Waals surface area (Å²) in [5, 5.41) is 24.8. The van der Waals surface area contributed by atoms with E-state index in [9.17, 15) is 14.0 Å². The molecule has 2 aromatic heterocycles. The molecule has 10 heteroatoms. The van der Waals surface area contributed by atoms with Crippen LogP contribution in [-0.2, 0) is 6.42 Å². The summed E-state index contributed by atoms with van der Waals surface area (Å²) in [6.07, 6.45) is 6.67. The van der Waals surface area contributed by atoms with Gasteiger partial charge in [0.05, 0.1) is 14.2 Å². The van der Waals surface area contributed by atoms with E-state index in [4.69, 9.17) is 14.9 Å². The van der Waals surface area contributed by atoms with E-state index in [1.165, 1.54) is 20.3 Å². The normalized spacial score (nSPS) is 14.5. The molecule has 35 heavy (non-hydrogen) atoms. The summed E-state index contributed by atoms with van der Waals surface area (Å²) in [5.41, 5.74) is 1.66. The van der Waals surface area contributed by atoms with E-state index < -0.39 is 11.6 Å². The molecule has 0 amide bonds. The molecule has 1 saturated heterocycles. The Labute approximate surface area is 201 Å². The van der Waals surface area contributed by atoms with Crippen molar-refractivity contribution in [3.8, 4) is 17.6 Å². The van der Waals surface area contributed by atoms with Crippen molar-refractivity contribution in [3.05, 3.63) is 59.1 Å². The molecule has 8 nitrogen and oxygen atoms in total.